The van der Waals surface area contributed by atoms with Crippen LogP contribution in [0.3, 0.4) is 0 Å². The molecule has 0 amide bonds. The molecule has 0 saturated carbocycles. The molecule has 0 bridgehead atoms. The van der Waals surface area contributed by atoms with Gasteiger partial charge in [-0.3, -0.25) is 9.78 Å². The zero-order chi connectivity index (χ0) is 14.3. The fourth-order valence-electron chi connectivity index (χ4n) is 1.46. The largest absolute Gasteiger partial charge is 0.494 e. The first-order valence-corrected chi connectivity index (χ1v) is 4.71. The van der Waals surface area contributed by atoms with E-state index in [1.807, 2.05) is 0 Å². The van der Waals surface area contributed by atoms with E-state index in [1.54, 1.807) is 4.98 Å². The van der Waals surface area contributed by atoms with E-state index in [4.69, 9.17) is 0 Å². The molecule has 0 saturated heterocycles. The Labute approximate surface area is 101 Å². The average Bonchev–Trinajstić information content (AvgIpc) is 2.30. The number of aromatic amines is 1. The van der Waals surface area contributed by atoms with Crippen molar-refractivity contribution in [3.63, 3.8) is 0 Å². The van der Waals surface area contributed by atoms with Crippen molar-refractivity contribution in [1.82, 2.24) is 9.55 Å². The molecule has 19 heavy (non-hydrogen) atoms. The number of aromatic nitrogens is 2. The van der Waals surface area contributed by atoms with Crippen molar-refractivity contribution in [2.24, 2.45) is 0 Å². The molecule has 5 nitrogen and oxygen atoms in total. The van der Waals surface area contributed by atoms with Crippen LogP contribution in [0.25, 0.3) is 5.69 Å². The SMILES string of the molecule is O=c1cc(O)n(-c2c(F)c(F)cc(F)c2F)c(=O)[nH]1. The van der Waals surface area contributed by atoms with Crippen molar-refractivity contribution in [1.29, 1.82) is 0 Å². The van der Waals surface area contributed by atoms with Gasteiger partial charge in [-0.25, -0.2) is 26.9 Å². The van der Waals surface area contributed by atoms with Gasteiger partial charge in [0.2, 0.25) is 5.88 Å². The summed E-state index contributed by atoms with van der Waals surface area (Å²) >= 11 is 0. The van der Waals surface area contributed by atoms with Gasteiger partial charge in [-0.15, -0.1) is 0 Å². The summed E-state index contributed by atoms with van der Waals surface area (Å²) in [7, 11) is 0. The smallest absolute Gasteiger partial charge is 0.335 e. The molecule has 0 atom stereocenters. The van der Waals surface area contributed by atoms with Gasteiger partial charge >= 0.3 is 5.69 Å². The molecule has 9 heteroatoms. The van der Waals surface area contributed by atoms with E-state index in [2.05, 4.69) is 0 Å². The average molecular weight is 276 g/mol. The Morgan fingerprint density at radius 3 is 2.00 bits per heavy atom. The molecule has 0 aliphatic rings. The third kappa shape index (κ3) is 1.98. The minimum absolute atomic E-state index is 0.0536. The first-order valence-electron chi connectivity index (χ1n) is 4.71. The van der Waals surface area contributed by atoms with E-state index in [-0.39, 0.29) is 10.6 Å². The van der Waals surface area contributed by atoms with Gasteiger partial charge in [0, 0.05) is 6.07 Å². The zero-order valence-electron chi connectivity index (χ0n) is 8.88. The molecular weight excluding hydrogens is 272 g/mol. The Balaban J connectivity index is 2.95. The zero-order valence-corrected chi connectivity index (χ0v) is 8.88. The number of H-pyrrole nitrogens is 1. The molecule has 100 valence electrons. The standard InChI is InChI=1S/C10H4F4N2O3/c11-3-1-4(12)8(14)9(7(3)13)16-6(18)2-5(17)15-10(16)19/h1-2,18H,(H,15,17,19). The van der Waals surface area contributed by atoms with Gasteiger partial charge < -0.3 is 5.11 Å². The molecule has 1 aromatic carbocycles. The van der Waals surface area contributed by atoms with Gasteiger partial charge in [0.1, 0.15) is 5.69 Å². The number of nitrogens with zero attached hydrogens (tertiary/aromatic N) is 1. The van der Waals surface area contributed by atoms with Crippen LogP contribution in [0.1, 0.15) is 0 Å². The monoisotopic (exact) mass is 276 g/mol. The van der Waals surface area contributed by atoms with Crippen LogP contribution >= 0.6 is 0 Å². The minimum atomic E-state index is -1.89. The van der Waals surface area contributed by atoms with Crippen molar-refractivity contribution >= 4 is 0 Å². The molecule has 1 heterocycles. The highest BCUT2D eigenvalue weighted by Crippen LogP contribution is 2.24. The molecule has 0 aliphatic heterocycles. The number of rotatable bonds is 1. The lowest BCUT2D eigenvalue weighted by molar-refractivity contribution is 0.408. The highest BCUT2D eigenvalue weighted by atomic mass is 19.2. The Morgan fingerprint density at radius 2 is 1.53 bits per heavy atom. The van der Waals surface area contributed by atoms with Crippen molar-refractivity contribution in [2.75, 3.05) is 0 Å². The maximum atomic E-state index is 13.4. The fourth-order valence-corrected chi connectivity index (χ4v) is 1.46. The number of hydrogen-bond acceptors (Lipinski definition) is 3. The number of halogens is 4. The van der Waals surface area contributed by atoms with Crippen LogP contribution in [0.15, 0.2) is 21.7 Å². The van der Waals surface area contributed by atoms with E-state index < -0.39 is 46.1 Å². The molecule has 0 aliphatic carbocycles. The molecule has 2 aromatic rings. The summed E-state index contributed by atoms with van der Waals surface area (Å²) in [4.78, 5) is 23.8. The van der Waals surface area contributed by atoms with Crippen LogP contribution in [0.2, 0.25) is 0 Å². The molecule has 0 spiro atoms. The number of nitrogens with one attached hydrogen (secondary N) is 1. The van der Waals surface area contributed by atoms with E-state index in [0.717, 1.165) is 0 Å². The predicted octanol–water partition coefficient (Wildman–Crippen LogP) is 0.788. The summed E-state index contributed by atoms with van der Waals surface area (Å²) in [6, 6.07) is 0.366. The van der Waals surface area contributed by atoms with Crippen LogP contribution in [0, 0.1) is 23.3 Å². The maximum absolute atomic E-state index is 13.4. The van der Waals surface area contributed by atoms with Gasteiger partial charge in [-0.05, 0) is 0 Å². The van der Waals surface area contributed by atoms with Crippen molar-refractivity contribution in [3.8, 4) is 11.6 Å². The van der Waals surface area contributed by atoms with Crippen LogP contribution in [0.5, 0.6) is 5.88 Å². The Morgan fingerprint density at radius 1 is 1.00 bits per heavy atom. The van der Waals surface area contributed by atoms with E-state index in [1.165, 1.54) is 0 Å². The normalized spacial score (nSPS) is 10.7. The minimum Gasteiger partial charge on any atom is -0.494 e. The van der Waals surface area contributed by atoms with Gasteiger partial charge in [0.05, 0.1) is 6.07 Å². The summed E-state index contributed by atoms with van der Waals surface area (Å²) in [5, 5.41) is 9.32. The number of hydrogen-bond donors (Lipinski definition) is 2. The molecule has 2 N–H and O–H groups in total. The summed E-state index contributed by atoms with van der Waals surface area (Å²) < 4.78 is 52.8. The van der Waals surface area contributed by atoms with Crippen molar-refractivity contribution < 1.29 is 22.7 Å². The number of aromatic hydroxyl groups is 1. The lowest BCUT2D eigenvalue weighted by Crippen LogP contribution is -2.29. The van der Waals surface area contributed by atoms with Gasteiger partial charge in [0.25, 0.3) is 5.56 Å². The van der Waals surface area contributed by atoms with Crippen LogP contribution in [-0.2, 0) is 0 Å². The molecular formula is C10H4F4N2O3. The Kier molecular flexibility index (Phi) is 2.89. The Bertz CT molecular complexity index is 755. The highest BCUT2D eigenvalue weighted by molar-refractivity contribution is 5.39. The van der Waals surface area contributed by atoms with Crippen LogP contribution < -0.4 is 11.2 Å². The lowest BCUT2D eigenvalue weighted by Gasteiger charge is -2.10. The van der Waals surface area contributed by atoms with Gasteiger partial charge in [-0.1, -0.05) is 0 Å². The van der Waals surface area contributed by atoms with Gasteiger partial charge in [-0.2, -0.15) is 0 Å². The predicted molar refractivity (Wildman–Crippen MR) is 54.2 cm³/mol. The topological polar surface area (TPSA) is 75.1 Å². The third-order valence-electron chi connectivity index (χ3n) is 2.23. The highest BCUT2D eigenvalue weighted by Gasteiger charge is 2.23. The maximum Gasteiger partial charge on any atom is 0.335 e. The summed E-state index contributed by atoms with van der Waals surface area (Å²) in [5.41, 5.74) is -3.96. The van der Waals surface area contributed by atoms with Crippen LogP contribution in [0.4, 0.5) is 17.6 Å². The molecule has 2 rings (SSSR count). The van der Waals surface area contributed by atoms with E-state index in [0.29, 0.717) is 6.07 Å². The molecule has 0 fully saturated rings. The second-order valence-electron chi connectivity index (χ2n) is 3.45. The summed E-state index contributed by atoms with van der Waals surface area (Å²) in [6.07, 6.45) is 0. The van der Waals surface area contributed by atoms with Gasteiger partial charge in [0.15, 0.2) is 23.3 Å². The fraction of sp³-hybridized carbons (Fsp3) is 0. The summed E-state index contributed by atoms with van der Waals surface area (Å²) in [6.45, 7) is 0. The third-order valence-corrected chi connectivity index (χ3v) is 2.23. The second-order valence-corrected chi connectivity index (χ2v) is 3.45. The molecule has 1 aromatic heterocycles. The van der Waals surface area contributed by atoms with Crippen molar-refractivity contribution in [2.45, 2.75) is 0 Å². The molecule has 0 unspecified atom stereocenters. The second kappa shape index (κ2) is 4.26. The Hall–Kier alpha value is -2.58. The lowest BCUT2D eigenvalue weighted by atomic mass is 10.2. The van der Waals surface area contributed by atoms with E-state index >= 15 is 0 Å². The number of benzene rings is 1. The quantitative estimate of drug-likeness (QED) is 0.597. The van der Waals surface area contributed by atoms with E-state index in [9.17, 15) is 32.3 Å². The van der Waals surface area contributed by atoms with Crippen LogP contribution in [-0.4, -0.2) is 14.7 Å². The first-order chi connectivity index (χ1) is 8.82. The summed E-state index contributed by atoms with van der Waals surface area (Å²) in [5.74, 6) is -8.46. The molecule has 0 radical (unpaired) electrons. The van der Waals surface area contributed by atoms with Crippen molar-refractivity contribution in [3.05, 3.63) is 56.2 Å². The first kappa shape index (κ1) is 12.9.